The van der Waals surface area contributed by atoms with Crippen LogP contribution in [-0.2, 0) is 0 Å². The Morgan fingerprint density at radius 1 is 1.00 bits per heavy atom. The van der Waals surface area contributed by atoms with Crippen LogP contribution in [0, 0.1) is 0 Å². The average Bonchev–Trinajstić information content (AvgIpc) is 2.54. The molecule has 4 heteroatoms. The summed E-state index contributed by atoms with van der Waals surface area (Å²) in [4.78, 5) is 18.8. The summed E-state index contributed by atoms with van der Waals surface area (Å²) < 4.78 is 5.21. The molecule has 1 heterocycles. The Morgan fingerprint density at radius 2 is 1.80 bits per heavy atom. The Kier molecular flexibility index (Phi) is 3.13. The maximum Gasteiger partial charge on any atom is 0.168 e. The van der Waals surface area contributed by atoms with E-state index < -0.39 is 0 Å². The van der Waals surface area contributed by atoms with E-state index in [2.05, 4.69) is 9.97 Å². The lowest BCUT2D eigenvalue weighted by atomic mass is 10.0. The summed E-state index contributed by atoms with van der Waals surface area (Å²) in [6.07, 6.45) is 2.12. The molecular weight excluding hydrogens is 252 g/mol. The lowest BCUT2D eigenvalue weighted by Gasteiger charge is -2.05. The van der Waals surface area contributed by atoms with Gasteiger partial charge in [0, 0.05) is 5.56 Å². The van der Waals surface area contributed by atoms with E-state index in [-0.39, 0.29) is 0 Å². The van der Waals surface area contributed by atoms with Gasteiger partial charge >= 0.3 is 0 Å². The lowest BCUT2D eigenvalue weighted by Crippen LogP contribution is -1.91. The SMILES string of the molecule is COc1ccc2cc(-c3cc(C=O)ncn3)ccc2c1. The van der Waals surface area contributed by atoms with Crippen molar-refractivity contribution in [2.45, 2.75) is 0 Å². The Morgan fingerprint density at radius 3 is 2.60 bits per heavy atom. The van der Waals surface area contributed by atoms with Gasteiger partial charge in [0.25, 0.3) is 0 Å². The number of benzene rings is 2. The Bertz CT molecular complexity index is 784. The molecule has 0 N–H and O–H groups in total. The molecule has 1 aromatic heterocycles. The first-order valence-corrected chi connectivity index (χ1v) is 6.15. The maximum atomic E-state index is 10.8. The van der Waals surface area contributed by atoms with Crippen LogP contribution in [0.15, 0.2) is 48.8 Å². The summed E-state index contributed by atoms with van der Waals surface area (Å²) in [6.45, 7) is 0. The van der Waals surface area contributed by atoms with E-state index in [0.717, 1.165) is 34.1 Å². The fraction of sp³-hybridized carbons (Fsp3) is 0.0625. The number of nitrogens with zero attached hydrogens (tertiary/aromatic N) is 2. The molecule has 0 unspecified atom stereocenters. The molecule has 0 amide bonds. The molecule has 4 nitrogen and oxygen atoms in total. The number of rotatable bonds is 3. The van der Waals surface area contributed by atoms with Crippen molar-refractivity contribution in [3.63, 3.8) is 0 Å². The van der Waals surface area contributed by atoms with E-state index >= 15 is 0 Å². The summed E-state index contributed by atoms with van der Waals surface area (Å²) in [7, 11) is 1.65. The van der Waals surface area contributed by atoms with Crippen molar-refractivity contribution in [3.8, 4) is 17.0 Å². The third-order valence-corrected chi connectivity index (χ3v) is 3.15. The highest BCUT2D eigenvalue weighted by Crippen LogP contribution is 2.26. The molecule has 0 aliphatic heterocycles. The molecule has 0 aliphatic carbocycles. The predicted molar refractivity (Wildman–Crippen MR) is 76.9 cm³/mol. The van der Waals surface area contributed by atoms with E-state index in [0.29, 0.717) is 5.69 Å². The number of methoxy groups -OCH3 is 1. The van der Waals surface area contributed by atoms with Crippen LogP contribution >= 0.6 is 0 Å². The molecule has 0 fully saturated rings. The Balaban J connectivity index is 2.10. The van der Waals surface area contributed by atoms with Gasteiger partial charge in [-0.15, -0.1) is 0 Å². The lowest BCUT2D eigenvalue weighted by molar-refractivity contribution is 0.111. The Hall–Kier alpha value is -2.75. The van der Waals surface area contributed by atoms with Crippen LogP contribution in [-0.4, -0.2) is 23.4 Å². The first kappa shape index (κ1) is 12.3. The fourth-order valence-corrected chi connectivity index (χ4v) is 2.10. The number of carbonyl (C=O) groups is 1. The van der Waals surface area contributed by atoms with Gasteiger partial charge in [-0.2, -0.15) is 0 Å². The quantitative estimate of drug-likeness (QED) is 0.682. The number of fused-ring (bicyclic) bond motifs is 1. The number of aldehydes is 1. The molecule has 3 aromatic rings. The van der Waals surface area contributed by atoms with Crippen molar-refractivity contribution in [2.24, 2.45) is 0 Å². The van der Waals surface area contributed by atoms with Gasteiger partial charge in [0.1, 0.15) is 17.8 Å². The molecule has 0 saturated heterocycles. The number of hydrogen-bond donors (Lipinski definition) is 0. The van der Waals surface area contributed by atoms with Crippen molar-refractivity contribution in [1.29, 1.82) is 0 Å². The smallest absolute Gasteiger partial charge is 0.168 e. The topological polar surface area (TPSA) is 52.1 Å². The predicted octanol–water partition coefficient (Wildman–Crippen LogP) is 3.12. The molecule has 0 spiro atoms. The summed E-state index contributed by atoms with van der Waals surface area (Å²) in [6, 6.07) is 13.6. The Labute approximate surface area is 116 Å². The minimum atomic E-state index is 0.379. The van der Waals surface area contributed by atoms with Crippen molar-refractivity contribution >= 4 is 17.1 Å². The van der Waals surface area contributed by atoms with E-state index in [1.165, 1.54) is 6.33 Å². The second-order valence-electron chi connectivity index (χ2n) is 4.37. The van der Waals surface area contributed by atoms with Gasteiger partial charge in [-0.25, -0.2) is 9.97 Å². The molecule has 2 aromatic carbocycles. The van der Waals surface area contributed by atoms with E-state index in [4.69, 9.17) is 4.74 Å². The van der Waals surface area contributed by atoms with Crippen LogP contribution in [0.4, 0.5) is 0 Å². The number of aromatic nitrogens is 2. The fourth-order valence-electron chi connectivity index (χ4n) is 2.10. The van der Waals surface area contributed by atoms with Crippen molar-refractivity contribution < 1.29 is 9.53 Å². The van der Waals surface area contributed by atoms with E-state index in [1.54, 1.807) is 13.2 Å². The van der Waals surface area contributed by atoms with Gasteiger partial charge in [0.2, 0.25) is 0 Å². The summed E-state index contributed by atoms with van der Waals surface area (Å²) >= 11 is 0. The highest BCUT2D eigenvalue weighted by molar-refractivity contribution is 5.88. The zero-order valence-electron chi connectivity index (χ0n) is 10.9. The van der Waals surface area contributed by atoms with Crippen LogP contribution in [0.3, 0.4) is 0 Å². The van der Waals surface area contributed by atoms with Crippen molar-refractivity contribution in [3.05, 3.63) is 54.5 Å². The molecule has 3 rings (SSSR count). The largest absolute Gasteiger partial charge is 0.497 e. The normalized spacial score (nSPS) is 10.4. The number of carbonyl (C=O) groups excluding carboxylic acids is 1. The molecule has 0 aliphatic rings. The van der Waals surface area contributed by atoms with Crippen molar-refractivity contribution in [2.75, 3.05) is 7.11 Å². The number of ether oxygens (including phenoxy) is 1. The second-order valence-corrected chi connectivity index (χ2v) is 4.37. The summed E-state index contributed by atoms with van der Waals surface area (Å²) in [5.74, 6) is 0.829. The van der Waals surface area contributed by atoms with Crippen LogP contribution in [0.1, 0.15) is 10.5 Å². The van der Waals surface area contributed by atoms with Gasteiger partial charge in [-0.05, 0) is 35.0 Å². The summed E-state index contributed by atoms with van der Waals surface area (Å²) in [5, 5.41) is 2.19. The van der Waals surface area contributed by atoms with Gasteiger partial charge in [0.15, 0.2) is 6.29 Å². The van der Waals surface area contributed by atoms with Crippen molar-refractivity contribution in [1.82, 2.24) is 9.97 Å². The first-order valence-electron chi connectivity index (χ1n) is 6.15. The molecule has 0 saturated carbocycles. The van der Waals surface area contributed by atoms with Gasteiger partial charge in [0.05, 0.1) is 12.8 Å². The monoisotopic (exact) mass is 264 g/mol. The zero-order chi connectivity index (χ0) is 13.9. The van der Waals surface area contributed by atoms with Crippen LogP contribution in [0.25, 0.3) is 22.0 Å². The molecular formula is C16H12N2O2. The minimum absolute atomic E-state index is 0.379. The molecule has 0 radical (unpaired) electrons. The van der Waals surface area contributed by atoms with Crippen LogP contribution in [0.5, 0.6) is 5.75 Å². The van der Waals surface area contributed by atoms with Crippen LogP contribution in [0.2, 0.25) is 0 Å². The zero-order valence-corrected chi connectivity index (χ0v) is 10.9. The molecule has 0 atom stereocenters. The van der Waals surface area contributed by atoms with E-state index in [9.17, 15) is 4.79 Å². The summed E-state index contributed by atoms with van der Waals surface area (Å²) in [5.41, 5.74) is 2.07. The highest BCUT2D eigenvalue weighted by Gasteiger charge is 2.04. The minimum Gasteiger partial charge on any atom is -0.497 e. The molecule has 98 valence electrons. The van der Waals surface area contributed by atoms with Gasteiger partial charge < -0.3 is 4.74 Å². The number of hydrogen-bond acceptors (Lipinski definition) is 4. The van der Waals surface area contributed by atoms with Gasteiger partial charge in [-0.1, -0.05) is 18.2 Å². The maximum absolute atomic E-state index is 10.8. The average molecular weight is 264 g/mol. The third kappa shape index (κ3) is 2.23. The molecule has 20 heavy (non-hydrogen) atoms. The van der Waals surface area contributed by atoms with Crippen LogP contribution < -0.4 is 4.74 Å². The third-order valence-electron chi connectivity index (χ3n) is 3.15. The second kappa shape index (κ2) is 5.09. The standard InChI is InChI=1S/C16H12N2O2/c1-20-15-5-4-11-6-13(3-2-12(11)7-15)16-8-14(9-19)17-10-18-16/h2-10H,1H3. The van der Waals surface area contributed by atoms with Gasteiger partial charge in [-0.3, -0.25) is 4.79 Å². The van der Waals surface area contributed by atoms with E-state index in [1.807, 2.05) is 36.4 Å². The first-order chi connectivity index (χ1) is 9.80. The highest BCUT2D eigenvalue weighted by atomic mass is 16.5. The molecule has 0 bridgehead atoms.